The number of ether oxygens (including phenoxy) is 1. The predicted molar refractivity (Wildman–Crippen MR) is 106 cm³/mol. The standard InChI is InChI=1S/C22H28N2O2/c1-16-6-10-19(11-7-16)23-15-17-4-3-5-20(14-17)24-22(25)18-8-12-21(26-2)13-9-18/h3-5,8-9,12-14,16,19,23H,6-7,10-11,15H2,1-2H3,(H,24,25). The summed E-state index contributed by atoms with van der Waals surface area (Å²) in [6.07, 6.45) is 5.15. The average molecular weight is 352 g/mol. The summed E-state index contributed by atoms with van der Waals surface area (Å²) in [4.78, 5) is 12.4. The predicted octanol–water partition coefficient (Wildman–Crippen LogP) is 4.62. The van der Waals surface area contributed by atoms with Crippen LogP contribution in [0.4, 0.5) is 5.69 Å². The first kappa shape index (κ1) is 18.5. The van der Waals surface area contributed by atoms with Crippen molar-refractivity contribution in [3.8, 4) is 5.75 Å². The summed E-state index contributed by atoms with van der Waals surface area (Å²) in [5.41, 5.74) is 2.63. The monoisotopic (exact) mass is 352 g/mol. The van der Waals surface area contributed by atoms with Crippen molar-refractivity contribution in [2.75, 3.05) is 12.4 Å². The molecule has 1 saturated carbocycles. The molecule has 0 atom stereocenters. The molecule has 1 fully saturated rings. The van der Waals surface area contributed by atoms with Crippen LogP contribution in [0.2, 0.25) is 0 Å². The zero-order valence-corrected chi connectivity index (χ0v) is 15.6. The van der Waals surface area contributed by atoms with Crippen molar-refractivity contribution in [3.63, 3.8) is 0 Å². The lowest BCUT2D eigenvalue weighted by molar-refractivity contribution is 0.102. The van der Waals surface area contributed by atoms with Gasteiger partial charge in [0.05, 0.1) is 7.11 Å². The molecule has 4 nitrogen and oxygen atoms in total. The third-order valence-corrected chi connectivity index (χ3v) is 5.15. The van der Waals surface area contributed by atoms with Crippen molar-refractivity contribution in [1.82, 2.24) is 5.32 Å². The van der Waals surface area contributed by atoms with Gasteiger partial charge in [-0.05, 0) is 73.6 Å². The minimum absolute atomic E-state index is 0.112. The van der Waals surface area contributed by atoms with Crippen molar-refractivity contribution in [3.05, 3.63) is 59.7 Å². The van der Waals surface area contributed by atoms with Crippen molar-refractivity contribution in [1.29, 1.82) is 0 Å². The highest BCUT2D eigenvalue weighted by atomic mass is 16.5. The number of hydrogen-bond donors (Lipinski definition) is 2. The number of amides is 1. The SMILES string of the molecule is COc1ccc(C(=O)Nc2cccc(CNC3CCC(C)CC3)c2)cc1. The molecule has 0 radical (unpaired) electrons. The Bertz CT molecular complexity index is 719. The zero-order chi connectivity index (χ0) is 18.4. The van der Waals surface area contributed by atoms with Gasteiger partial charge in [0.1, 0.15) is 5.75 Å². The summed E-state index contributed by atoms with van der Waals surface area (Å²) in [5.74, 6) is 1.50. The van der Waals surface area contributed by atoms with Crippen LogP contribution in [-0.4, -0.2) is 19.1 Å². The quantitative estimate of drug-likeness (QED) is 0.798. The fraction of sp³-hybridized carbons (Fsp3) is 0.409. The van der Waals surface area contributed by atoms with E-state index in [1.807, 2.05) is 18.2 Å². The number of carbonyl (C=O) groups excluding carboxylic acids is 1. The van der Waals surface area contributed by atoms with Crippen molar-refractivity contribution in [2.45, 2.75) is 45.2 Å². The van der Waals surface area contributed by atoms with Gasteiger partial charge in [0, 0.05) is 23.8 Å². The molecule has 0 bridgehead atoms. The summed E-state index contributed by atoms with van der Waals surface area (Å²) in [7, 11) is 1.61. The summed E-state index contributed by atoms with van der Waals surface area (Å²) >= 11 is 0. The maximum atomic E-state index is 12.4. The first-order chi connectivity index (χ1) is 12.6. The minimum Gasteiger partial charge on any atom is -0.497 e. The molecule has 2 N–H and O–H groups in total. The van der Waals surface area contributed by atoms with E-state index in [0.29, 0.717) is 11.6 Å². The molecule has 1 aliphatic carbocycles. The fourth-order valence-electron chi connectivity index (χ4n) is 3.43. The van der Waals surface area contributed by atoms with Crippen molar-refractivity contribution in [2.24, 2.45) is 5.92 Å². The Hall–Kier alpha value is -2.33. The number of anilines is 1. The Labute approximate surface area is 156 Å². The van der Waals surface area contributed by atoms with Crippen LogP contribution < -0.4 is 15.4 Å². The van der Waals surface area contributed by atoms with E-state index in [1.165, 1.54) is 31.2 Å². The number of hydrogen-bond acceptors (Lipinski definition) is 3. The third-order valence-electron chi connectivity index (χ3n) is 5.15. The van der Waals surface area contributed by atoms with E-state index in [9.17, 15) is 4.79 Å². The Morgan fingerprint density at radius 2 is 1.81 bits per heavy atom. The lowest BCUT2D eigenvalue weighted by atomic mass is 9.87. The van der Waals surface area contributed by atoms with Crippen LogP contribution >= 0.6 is 0 Å². The fourth-order valence-corrected chi connectivity index (χ4v) is 3.43. The van der Waals surface area contributed by atoms with Gasteiger partial charge in [-0.15, -0.1) is 0 Å². The molecule has 1 aliphatic rings. The summed E-state index contributed by atoms with van der Waals surface area (Å²) in [6, 6.07) is 15.8. The number of benzene rings is 2. The first-order valence-corrected chi connectivity index (χ1v) is 9.42. The van der Waals surface area contributed by atoms with E-state index in [2.05, 4.69) is 23.6 Å². The largest absolute Gasteiger partial charge is 0.497 e. The van der Waals surface area contributed by atoms with Gasteiger partial charge in [0.2, 0.25) is 0 Å². The van der Waals surface area contributed by atoms with Gasteiger partial charge in [0.15, 0.2) is 0 Å². The molecule has 4 heteroatoms. The number of nitrogens with one attached hydrogen (secondary N) is 2. The highest BCUT2D eigenvalue weighted by Gasteiger charge is 2.17. The maximum Gasteiger partial charge on any atom is 0.255 e. The number of methoxy groups -OCH3 is 1. The summed E-state index contributed by atoms with van der Waals surface area (Å²) in [5, 5.41) is 6.63. The normalized spacial score (nSPS) is 19.8. The minimum atomic E-state index is -0.112. The average Bonchev–Trinajstić information content (AvgIpc) is 2.68. The molecule has 0 saturated heterocycles. The Kier molecular flexibility index (Phi) is 6.29. The Balaban J connectivity index is 1.55. The molecule has 0 heterocycles. The molecule has 2 aromatic carbocycles. The van der Waals surface area contributed by atoms with E-state index in [0.717, 1.165) is 23.9 Å². The second-order valence-corrected chi connectivity index (χ2v) is 7.22. The zero-order valence-electron chi connectivity index (χ0n) is 15.6. The lowest BCUT2D eigenvalue weighted by Gasteiger charge is -2.27. The van der Waals surface area contributed by atoms with Gasteiger partial charge >= 0.3 is 0 Å². The number of rotatable bonds is 6. The molecule has 26 heavy (non-hydrogen) atoms. The van der Waals surface area contributed by atoms with E-state index in [-0.39, 0.29) is 5.91 Å². The van der Waals surface area contributed by atoms with E-state index >= 15 is 0 Å². The Morgan fingerprint density at radius 3 is 2.50 bits per heavy atom. The Morgan fingerprint density at radius 1 is 1.08 bits per heavy atom. The summed E-state index contributed by atoms with van der Waals surface area (Å²) in [6.45, 7) is 3.18. The second kappa shape index (κ2) is 8.86. The van der Waals surface area contributed by atoms with Crippen LogP contribution in [0.25, 0.3) is 0 Å². The van der Waals surface area contributed by atoms with Crippen LogP contribution in [-0.2, 0) is 6.54 Å². The van der Waals surface area contributed by atoms with E-state index in [1.54, 1.807) is 31.4 Å². The molecule has 1 amide bonds. The van der Waals surface area contributed by atoms with E-state index in [4.69, 9.17) is 4.74 Å². The van der Waals surface area contributed by atoms with Crippen LogP contribution in [0.15, 0.2) is 48.5 Å². The summed E-state index contributed by atoms with van der Waals surface area (Å²) < 4.78 is 5.13. The molecule has 0 spiro atoms. The molecular formula is C22H28N2O2. The molecule has 0 aliphatic heterocycles. The molecular weight excluding hydrogens is 324 g/mol. The van der Waals surface area contributed by atoms with Crippen LogP contribution in [0.3, 0.4) is 0 Å². The molecule has 0 aromatic heterocycles. The molecule has 2 aromatic rings. The van der Waals surface area contributed by atoms with Gasteiger partial charge in [-0.3, -0.25) is 4.79 Å². The van der Waals surface area contributed by atoms with Gasteiger partial charge in [-0.1, -0.05) is 19.1 Å². The van der Waals surface area contributed by atoms with Crippen molar-refractivity contribution >= 4 is 11.6 Å². The van der Waals surface area contributed by atoms with Gasteiger partial charge in [-0.25, -0.2) is 0 Å². The van der Waals surface area contributed by atoms with Crippen LogP contribution in [0.5, 0.6) is 5.75 Å². The van der Waals surface area contributed by atoms with Gasteiger partial charge < -0.3 is 15.4 Å². The smallest absolute Gasteiger partial charge is 0.255 e. The highest BCUT2D eigenvalue weighted by Crippen LogP contribution is 2.24. The second-order valence-electron chi connectivity index (χ2n) is 7.22. The van der Waals surface area contributed by atoms with E-state index < -0.39 is 0 Å². The van der Waals surface area contributed by atoms with Gasteiger partial charge in [0.25, 0.3) is 5.91 Å². The molecule has 0 unspecified atom stereocenters. The molecule has 138 valence electrons. The molecule has 3 rings (SSSR count). The third kappa shape index (κ3) is 5.09. The number of carbonyl (C=O) groups is 1. The van der Waals surface area contributed by atoms with Crippen LogP contribution in [0, 0.1) is 5.92 Å². The van der Waals surface area contributed by atoms with Crippen LogP contribution in [0.1, 0.15) is 48.5 Å². The van der Waals surface area contributed by atoms with Gasteiger partial charge in [-0.2, -0.15) is 0 Å². The van der Waals surface area contributed by atoms with Crippen molar-refractivity contribution < 1.29 is 9.53 Å². The topological polar surface area (TPSA) is 50.4 Å². The lowest BCUT2D eigenvalue weighted by Crippen LogP contribution is -2.32. The highest BCUT2D eigenvalue weighted by molar-refractivity contribution is 6.04. The maximum absolute atomic E-state index is 12.4. The first-order valence-electron chi connectivity index (χ1n) is 9.42.